The van der Waals surface area contributed by atoms with Crippen LogP contribution in [-0.4, -0.2) is 41.6 Å². The Hall–Kier alpha value is -3.54. The Morgan fingerprint density at radius 3 is 2.65 bits per heavy atom. The Bertz CT molecular complexity index is 1190. The van der Waals surface area contributed by atoms with Crippen LogP contribution in [0.4, 0.5) is 4.39 Å². The minimum atomic E-state index is -0.342. The van der Waals surface area contributed by atoms with E-state index in [9.17, 15) is 4.39 Å². The number of halogens is 1. The molecule has 0 atom stereocenters. The van der Waals surface area contributed by atoms with E-state index in [1.54, 1.807) is 18.5 Å². The van der Waals surface area contributed by atoms with Gasteiger partial charge in [-0.25, -0.2) is 4.39 Å². The standard InChI is InChI=1S/C28H36FN5/c1-8-22(6)34(19(2)3)18-20(4)13-28(30)33-12-10-23-14-25(26-17-32-11-9-21(26)5)27(29)15-24(23)16-31-7/h9-11,13-17,19H,6-8,12,18H2,1-5H3,(H2,30,33)/b20-13+,23-10-,24-16-. The van der Waals surface area contributed by atoms with Gasteiger partial charge in [-0.2, -0.15) is 0 Å². The number of benzene rings is 1. The van der Waals surface area contributed by atoms with Gasteiger partial charge >= 0.3 is 0 Å². The van der Waals surface area contributed by atoms with E-state index >= 15 is 0 Å². The molecule has 0 aliphatic heterocycles. The van der Waals surface area contributed by atoms with Gasteiger partial charge in [0.2, 0.25) is 0 Å². The highest BCUT2D eigenvalue weighted by Gasteiger charge is 2.11. The highest BCUT2D eigenvalue weighted by molar-refractivity contribution is 5.91. The van der Waals surface area contributed by atoms with Gasteiger partial charge in [0.1, 0.15) is 11.7 Å². The number of hydrogen-bond acceptors (Lipinski definition) is 4. The van der Waals surface area contributed by atoms with Crippen molar-refractivity contribution in [2.24, 2.45) is 4.99 Å². The quantitative estimate of drug-likeness (QED) is 0.403. The molecular formula is C28H36FN5. The van der Waals surface area contributed by atoms with Gasteiger partial charge in [0.05, 0.1) is 0 Å². The van der Waals surface area contributed by atoms with Gasteiger partial charge < -0.3 is 10.2 Å². The Morgan fingerprint density at radius 1 is 1.29 bits per heavy atom. The molecule has 6 heteroatoms. The summed E-state index contributed by atoms with van der Waals surface area (Å²) in [6.07, 6.45) is 9.54. The van der Waals surface area contributed by atoms with Crippen molar-refractivity contribution in [3.63, 3.8) is 0 Å². The molecule has 0 spiro atoms. The monoisotopic (exact) mass is 461 g/mol. The summed E-state index contributed by atoms with van der Waals surface area (Å²) in [6, 6.07) is 5.45. The number of aromatic nitrogens is 1. The first-order valence-corrected chi connectivity index (χ1v) is 11.5. The lowest BCUT2D eigenvalue weighted by molar-refractivity contribution is 0.299. The van der Waals surface area contributed by atoms with E-state index in [1.165, 1.54) is 12.3 Å². The lowest BCUT2D eigenvalue weighted by atomic mass is 10.0. The zero-order valence-corrected chi connectivity index (χ0v) is 21.0. The fraction of sp³-hybridized carbons (Fsp3) is 0.321. The first kappa shape index (κ1) is 26.7. The van der Waals surface area contributed by atoms with E-state index in [0.717, 1.165) is 40.6 Å². The average molecular weight is 462 g/mol. The molecule has 5 nitrogen and oxygen atoms in total. The second-order valence-corrected chi connectivity index (χ2v) is 8.59. The van der Waals surface area contributed by atoms with Crippen molar-refractivity contribution in [2.75, 3.05) is 13.1 Å². The van der Waals surface area contributed by atoms with Crippen LogP contribution in [0.1, 0.15) is 39.7 Å². The third-order valence-electron chi connectivity index (χ3n) is 5.59. The number of nitrogens with zero attached hydrogens (tertiary/aromatic N) is 3. The fourth-order valence-corrected chi connectivity index (χ4v) is 3.69. The molecule has 1 aromatic heterocycles. The maximum absolute atomic E-state index is 14.9. The maximum atomic E-state index is 14.9. The predicted octanol–water partition coefficient (Wildman–Crippen LogP) is 4.56. The number of rotatable bonds is 10. The fourth-order valence-electron chi connectivity index (χ4n) is 3.69. The van der Waals surface area contributed by atoms with Crippen LogP contribution in [0.5, 0.6) is 0 Å². The molecule has 0 aliphatic rings. The molecule has 0 fully saturated rings. The van der Waals surface area contributed by atoms with Crippen LogP contribution >= 0.6 is 0 Å². The normalized spacial score (nSPS) is 12.7. The Kier molecular flexibility index (Phi) is 9.92. The highest BCUT2D eigenvalue weighted by Crippen LogP contribution is 2.22. The molecule has 180 valence electrons. The first-order valence-electron chi connectivity index (χ1n) is 11.5. The summed E-state index contributed by atoms with van der Waals surface area (Å²) in [5.74, 6) is -0.0248. The van der Waals surface area contributed by atoms with Crippen LogP contribution < -0.4 is 15.8 Å². The number of nitrogens with one attached hydrogen (secondary N) is 2. The molecule has 0 saturated heterocycles. The molecule has 2 rings (SSSR count). The summed E-state index contributed by atoms with van der Waals surface area (Å²) in [5.41, 5.74) is 4.33. The number of aliphatic imine (C=N–C) groups is 1. The minimum Gasteiger partial charge on any atom is -0.369 e. The summed E-state index contributed by atoms with van der Waals surface area (Å²) in [7, 11) is 0. The number of hydrogen-bond donors (Lipinski definition) is 2. The minimum absolute atomic E-state index is 0.317. The van der Waals surface area contributed by atoms with Crippen LogP contribution in [0, 0.1) is 18.2 Å². The van der Waals surface area contributed by atoms with Crippen LogP contribution in [0.2, 0.25) is 0 Å². The SMILES string of the molecule is C=N/C=c1/cc(F)c(-c2cnccc2C)c/c1=C/CNC(=N)/C=C(\C)CN(C(=C)CC)C(C)C. The van der Waals surface area contributed by atoms with Crippen LogP contribution in [-0.2, 0) is 0 Å². The second kappa shape index (κ2) is 12.6. The van der Waals surface area contributed by atoms with Crippen LogP contribution in [0.25, 0.3) is 23.4 Å². The van der Waals surface area contributed by atoms with Crippen molar-refractivity contribution < 1.29 is 4.39 Å². The molecule has 0 radical (unpaired) electrons. The number of amidine groups is 1. The van der Waals surface area contributed by atoms with Crippen molar-refractivity contribution >= 4 is 24.8 Å². The van der Waals surface area contributed by atoms with Crippen molar-refractivity contribution in [3.05, 3.63) is 76.3 Å². The Labute approximate surface area is 202 Å². The van der Waals surface area contributed by atoms with Crippen molar-refractivity contribution in [3.8, 4) is 11.1 Å². The Morgan fingerprint density at radius 2 is 2.03 bits per heavy atom. The maximum Gasteiger partial charge on any atom is 0.131 e. The predicted molar refractivity (Wildman–Crippen MR) is 143 cm³/mol. The summed E-state index contributed by atoms with van der Waals surface area (Å²) in [6.45, 7) is 19.1. The molecule has 1 heterocycles. The lowest BCUT2D eigenvalue weighted by Gasteiger charge is -2.30. The van der Waals surface area contributed by atoms with Crippen molar-refractivity contribution in [1.82, 2.24) is 15.2 Å². The molecule has 34 heavy (non-hydrogen) atoms. The van der Waals surface area contributed by atoms with Crippen molar-refractivity contribution in [2.45, 2.75) is 47.1 Å². The van der Waals surface area contributed by atoms with Crippen LogP contribution in [0.15, 0.2) is 59.5 Å². The smallest absolute Gasteiger partial charge is 0.131 e. The van der Waals surface area contributed by atoms with E-state index in [1.807, 2.05) is 32.1 Å². The van der Waals surface area contributed by atoms with Crippen molar-refractivity contribution in [1.29, 1.82) is 5.41 Å². The topological polar surface area (TPSA) is 64.4 Å². The molecule has 0 aliphatic carbocycles. The van der Waals surface area contributed by atoms with Gasteiger partial charge in [0.15, 0.2) is 0 Å². The molecule has 0 amide bonds. The summed E-state index contributed by atoms with van der Waals surface area (Å²) < 4.78 is 14.9. The third-order valence-corrected chi connectivity index (χ3v) is 5.59. The molecule has 0 saturated carbocycles. The molecule has 2 N–H and O–H groups in total. The molecule has 0 bridgehead atoms. The average Bonchev–Trinajstić information content (AvgIpc) is 2.79. The summed E-state index contributed by atoms with van der Waals surface area (Å²) in [4.78, 5) is 10.2. The van der Waals surface area contributed by atoms with E-state index < -0.39 is 0 Å². The van der Waals surface area contributed by atoms with E-state index in [4.69, 9.17) is 5.41 Å². The second-order valence-electron chi connectivity index (χ2n) is 8.59. The van der Waals surface area contributed by atoms with Crippen LogP contribution in [0.3, 0.4) is 0 Å². The van der Waals surface area contributed by atoms with Gasteiger partial charge in [0.25, 0.3) is 0 Å². The number of allylic oxidation sites excluding steroid dienone is 1. The molecule has 1 aromatic carbocycles. The summed E-state index contributed by atoms with van der Waals surface area (Å²) >= 11 is 0. The van der Waals surface area contributed by atoms with Gasteiger partial charge in [-0.15, -0.1) is 0 Å². The zero-order valence-electron chi connectivity index (χ0n) is 21.0. The summed E-state index contributed by atoms with van der Waals surface area (Å²) in [5, 5.41) is 12.8. The lowest BCUT2D eigenvalue weighted by Crippen LogP contribution is -2.32. The Balaban J connectivity index is 2.25. The van der Waals surface area contributed by atoms with Gasteiger partial charge in [0, 0.05) is 59.8 Å². The largest absolute Gasteiger partial charge is 0.369 e. The number of pyridine rings is 1. The van der Waals surface area contributed by atoms with E-state index in [-0.39, 0.29) is 5.82 Å². The van der Waals surface area contributed by atoms with E-state index in [0.29, 0.717) is 29.2 Å². The first-order chi connectivity index (χ1) is 16.2. The molecular weight excluding hydrogens is 425 g/mol. The van der Waals surface area contributed by atoms with E-state index in [2.05, 4.69) is 54.3 Å². The molecule has 0 unspecified atom stereocenters. The van der Waals surface area contributed by atoms with Gasteiger partial charge in [-0.05, 0) is 75.9 Å². The van der Waals surface area contributed by atoms with Gasteiger partial charge in [-0.3, -0.25) is 15.4 Å². The number of aryl methyl sites for hydroxylation is 1. The highest BCUT2D eigenvalue weighted by atomic mass is 19.1. The third kappa shape index (κ3) is 7.24. The zero-order chi connectivity index (χ0) is 25.3. The van der Waals surface area contributed by atoms with Gasteiger partial charge in [-0.1, -0.05) is 25.2 Å². The molecule has 2 aromatic rings.